The molecule has 4 aromatic rings. The molecule has 0 saturated heterocycles. The second-order valence-corrected chi connectivity index (χ2v) is 10.7. The first-order valence-electron chi connectivity index (χ1n) is 13.0. The number of halogens is 3. The fourth-order valence-electron chi connectivity index (χ4n) is 3.77. The summed E-state index contributed by atoms with van der Waals surface area (Å²) in [4.78, 5) is 30.9. The molecule has 0 aliphatic carbocycles. The third kappa shape index (κ3) is 9.21. The second-order valence-electron chi connectivity index (χ2n) is 10.3. The number of rotatable bonds is 8. The number of hydrogen-bond donors (Lipinski definition) is 0. The van der Waals surface area contributed by atoms with Crippen molar-refractivity contribution in [2.24, 2.45) is 0 Å². The summed E-state index contributed by atoms with van der Waals surface area (Å²) in [6, 6.07) is 9.16. The van der Waals surface area contributed by atoms with Gasteiger partial charge in [0.25, 0.3) is 0 Å². The highest BCUT2D eigenvalue weighted by atomic mass is 35.5. The number of aldehydes is 1. The maximum absolute atomic E-state index is 14.5. The van der Waals surface area contributed by atoms with E-state index in [1.165, 1.54) is 18.5 Å². The van der Waals surface area contributed by atoms with E-state index in [9.17, 15) is 18.4 Å². The summed E-state index contributed by atoms with van der Waals surface area (Å²) in [5.41, 5.74) is 3.22. The average molecular weight is 583 g/mol. The van der Waals surface area contributed by atoms with Gasteiger partial charge in [-0.05, 0) is 89.4 Å². The van der Waals surface area contributed by atoms with Gasteiger partial charge < -0.3 is 13.9 Å². The van der Waals surface area contributed by atoms with Crippen molar-refractivity contribution in [3.05, 3.63) is 101 Å². The zero-order valence-corrected chi connectivity index (χ0v) is 24.5. The molecule has 2 aromatic carbocycles. The molecule has 0 spiro atoms. The largest absolute Gasteiger partial charge is 0.457 e. The van der Waals surface area contributed by atoms with Gasteiger partial charge in [-0.1, -0.05) is 6.07 Å². The number of esters is 1. The fraction of sp³-hybridized carbons (Fsp3) is 0.290. The van der Waals surface area contributed by atoms with E-state index in [4.69, 9.17) is 16.3 Å². The molecule has 10 heteroatoms. The van der Waals surface area contributed by atoms with Crippen molar-refractivity contribution in [3.63, 3.8) is 0 Å². The molecular formula is C31H33ClF2N4O3. The number of carbonyl (C=O) groups is 2. The normalized spacial score (nSPS) is 11.6. The van der Waals surface area contributed by atoms with Crippen LogP contribution in [0.5, 0.6) is 0 Å². The molecule has 4 rings (SSSR count). The third-order valence-electron chi connectivity index (χ3n) is 5.64. The number of imidazole rings is 2. The topological polar surface area (TPSA) is 79.0 Å². The molecule has 0 fully saturated rings. The van der Waals surface area contributed by atoms with E-state index >= 15 is 0 Å². The van der Waals surface area contributed by atoms with Gasteiger partial charge in [0.1, 0.15) is 23.5 Å². The molecule has 0 N–H and O–H groups in total. The van der Waals surface area contributed by atoms with Gasteiger partial charge in [-0.15, -0.1) is 11.6 Å². The maximum atomic E-state index is 14.5. The Kier molecular flexibility index (Phi) is 10.7. The molecule has 0 aliphatic rings. The van der Waals surface area contributed by atoms with Crippen LogP contribution in [0.1, 0.15) is 60.9 Å². The lowest BCUT2D eigenvalue weighted by atomic mass is 10.1. The smallest absolute Gasteiger partial charge is 0.334 e. The summed E-state index contributed by atoms with van der Waals surface area (Å²) < 4.78 is 36.7. The first kappa shape index (κ1) is 31.4. The first-order valence-corrected chi connectivity index (χ1v) is 13.5. The maximum Gasteiger partial charge on any atom is 0.334 e. The van der Waals surface area contributed by atoms with Crippen molar-refractivity contribution in [3.8, 4) is 11.4 Å². The van der Waals surface area contributed by atoms with Crippen LogP contribution in [0, 0.1) is 25.5 Å². The highest BCUT2D eigenvalue weighted by molar-refractivity contribution is 6.17. The number of benzene rings is 2. The van der Waals surface area contributed by atoms with Gasteiger partial charge in [-0.3, -0.25) is 4.79 Å². The van der Waals surface area contributed by atoms with Gasteiger partial charge in [0.2, 0.25) is 0 Å². The zero-order chi connectivity index (χ0) is 30.2. The molecule has 0 unspecified atom stereocenters. The minimum absolute atomic E-state index is 0.327. The van der Waals surface area contributed by atoms with E-state index in [0.717, 1.165) is 11.4 Å². The molecule has 0 atom stereocenters. The van der Waals surface area contributed by atoms with Crippen molar-refractivity contribution in [2.75, 3.05) is 5.88 Å². The summed E-state index contributed by atoms with van der Waals surface area (Å²) in [5.74, 6) is -0.792. The van der Waals surface area contributed by atoms with Crippen LogP contribution in [0.15, 0.2) is 67.0 Å². The molecule has 41 heavy (non-hydrogen) atoms. The summed E-state index contributed by atoms with van der Waals surface area (Å²) >= 11 is 5.75. The Morgan fingerprint density at radius 3 is 1.85 bits per heavy atom. The second kappa shape index (κ2) is 14.0. The number of hydrogen-bond acceptors (Lipinski definition) is 5. The molecule has 2 heterocycles. The van der Waals surface area contributed by atoms with Crippen LogP contribution in [0.4, 0.5) is 8.78 Å². The van der Waals surface area contributed by atoms with E-state index in [-0.39, 0.29) is 0 Å². The van der Waals surface area contributed by atoms with Crippen LogP contribution in [0.25, 0.3) is 17.5 Å². The van der Waals surface area contributed by atoms with Gasteiger partial charge >= 0.3 is 5.97 Å². The quantitative estimate of drug-likeness (QED) is 0.0950. The molecule has 0 radical (unpaired) electrons. The third-order valence-corrected chi connectivity index (χ3v) is 5.91. The predicted octanol–water partition coefficient (Wildman–Crippen LogP) is 7.20. The molecule has 0 aliphatic heterocycles. The van der Waals surface area contributed by atoms with Gasteiger partial charge in [0, 0.05) is 29.4 Å². The van der Waals surface area contributed by atoms with E-state index in [1.54, 1.807) is 58.2 Å². The van der Waals surface area contributed by atoms with E-state index in [1.807, 2.05) is 34.6 Å². The minimum Gasteiger partial charge on any atom is -0.457 e. The Bertz CT molecular complexity index is 1540. The molecule has 7 nitrogen and oxygen atoms in total. The minimum atomic E-state index is -0.592. The summed E-state index contributed by atoms with van der Waals surface area (Å²) in [6.45, 7) is 9.10. The van der Waals surface area contributed by atoms with Crippen LogP contribution in [0.2, 0.25) is 0 Å². The van der Waals surface area contributed by atoms with Crippen molar-refractivity contribution in [2.45, 2.75) is 53.1 Å². The van der Waals surface area contributed by atoms with Crippen molar-refractivity contribution in [1.82, 2.24) is 19.1 Å². The van der Waals surface area contributed by atoms with Gasteiger partial charge in [-0.2, -0.15) is 0 Å². The average Bonchev–Trinajstić information content (AvgIpc) is 3.53. The summed E-state index contributed by atoms with van der Waals surface area (Å²) in [5, 5.41) is 0. The lowest BCUT2D eigenvalue weighted by Crippen LogP contribution is -2.25. The molecular weight excluding hydrogens is 550 g/mol. The van der Waals surface area contributed by atoms with Gasteiger partial charge in [0.05, 0.1) is 35.4 Å². The number of nitrogens with zero attached hydrogens (tertiary/aromatic N) is 4. The Balaban J connectivity index is 0.000000260. The lowest BCUT2D eigenvalue weighted by Gasteiger charge is -2.20. The predicted molar refractivity (Wildman–Crippen MR) is 156 cm³/mol. The zero-order valence-electron chi connectivity index (χ0n) is 23.7. The Labute approximate surface area is 243 Å². The number of aryl methyl sites for hydroxylation is 2. The highest BCUT2D eigenvalue weighted by Crippen LogP contribution is 2.21. The monoisotopic (exact) mass is 582 g/mol. The van der Waals surface area contributed by atoms with Crippen molar-refractivity contribution >= 4 is 29.9 Å². The molecule has 2 aromatic heterocycles. The van der Waals surface area contributed by atoms with Crippen LogP contribution in [-0.2, 0) is 9.53 Å². The van der Waals surface area contributed by atoms with Crippen molar-refractivity contribution in [1.29, 1.82) is 0 Å². The van der Waals surface area contributed by atoms with Gasteiger partial charge in [0.15, 0.2) is 0 Å². The number of carbonyl (C=O) groups excluding carboxylic acids is 2. The van der Waals surface area contributed by atoms with E-state index < -0.39 is 23.2 Å². The molecule has 0 amide bonds. The molecule has 216 valence electrons. The number of ether oxygens (including phenoxy) is 1. The summed E-state index contributed by atoms with van der Waals surface area (Å²) in [6.07, 6.45) is 9.96. The molecule has 0 bridgehead atoms. The Hall–Kier alpha value is -4.11. The van der Waals surface area contributed by atoms with E-state index in [2.05, 4.69) is 9.97 Å². The number of aromatic nitrogens is 4. The van der Waals surface area contributed by atoms with Crippen LogP contribution < -0.4 is 0 Å². The lowest BCUT2D eigenvalue weighted by molar-refractivity contribution is -0.149. The molecule has 0 saturated carbocycles. The fourth-order valence-corrected chi connectivity index (χ4v) is 3.90. The van der Waals surface area contributed by atoms with Gasteiger partial charge in [-0.25, -0.2) is 23.5 Å². The standard InChI is InChI=1S/C20H24ClFN2O2.C11H9FN2O/c1-14-12-24(13-23-14)18-8-7-15(11-17(18)22)10-16(6-5-9-21)19(25)26-20(2,3)4;1-8-5-14(7-13-8)11-3-2-9(6-15)4-10(11)12/h7-8,10-13H,5-6,9H2,1-4H3;2-7H,1H3. The Morgan fingerprint density at radius 1 is 0.927 bits per heavy atom. The Morgan fingerprint density at radius 2 is 1.44 bits per heavy atom. The van der Waals surface area contributed by atoms with Crippen molar-refractivity contribution < 1.29 is 23.1 Å². The number of alkyl halides is 1. The summed E-state index contributed by atoms with van der Waals surface area (Å²) in [7, 11) is 0. The van der Waals surface area contributed by atoms with Crippen LogP contribution in [-0.4, -0.2) is 42.8 Å². The van der Waals surface area contributed by atoms with Crippen LogP contribution in [0.3, 0.4) is 0 Å². The highest BCUT2D eigenvalue weighted by Gasteiger charge is 2.20. The van der Waals surface area contributed by atoms with E-state index in [0.29, 0.717) is 53.1 Å². The SMILES string of the molecule is Cc1cn(-c2ccc(C=C(CCCCl)C(=O)OC(C)(C)C)cc2F)cn1.Cc1cn(-c2ccc(C=O)cc2F)cn1. The first-order chi connectivity index (χ1) is 19.4. The van der Waals surface area contributed by atoms with Crippen LogP contribution >= 0.6 is 11.6 Å².